The fourth-order valence-corrected chi connectivity index (χ4v) is 1.47. The molecule has 0 aliphatic rings. The molecule has 1 rings (SSSR count). The lowest BCUT2D eigenvalue weighted by Gasteiger charge is -2.07. The Bertz CT molecular complexity index is 573. The van der Waals surface area contributed by atoms with Crippen molar-refractivity contribution < 1.29 is 28.6 Å². The van der Waals surface area contributed by atoms with E-state index < -0.39 is 17.9 Å². The highest BCUT2D eigenvalue weighted by molar-refractivity contribution is 5.89. The average Bonchev–Trinajstić information content (AvgIpc) is 2.53. The van der Waals surface area contributed by atoms with Crippen LogP contribution in [0.5, 0.6) is 5.75 Å². The average molecular weight is 320 g/mol. The highest BCUT2D eigenvalue weighted by atomic mass is 16.6. The molecule has 1 aromatic carbocycles. The molecule has 0 atom stereocenters. The van der Waals surface area contributed by atoms with E-state index in [-0.39, 0.29) is 18.6 Å². The summed E-state index contributed by atoms with van der Waals surface area (Å²) in [5, 5.41) is 0. The minimum Gasteiger partial charge on any atom is -0.462 e. The van der Waals surface area contributed by atoms with Crippen LogP contribution in [0.3, 0.4) is 0 Å². The van der Waals surface area contributed by atoms with Gasteiger partial charge in [0.1, 0.15) is 12.4 Å². The zero-order valence-electron chi connectivity index (χ0n) is 13.3. The monoisotopic (exact) mass is 320 g/mol. The summed E-state index contributed by atoms with van der Waals surface area (Å²) < 4.78 is 14.9. The van der Waals surface area contributed by atoms with Gasteiger partial charge in [-0.1, -0.05) is 13.5 Å². The molecule has 6 nitrogen and oxygen atoms in total. The van der Waals surface area contributed by atoms with Crippen molar-refractivity contribution >= 4 is 17.9 Å². The highest BCUT2D eigenvalue weighted by Crippen LogP contribution is 2.14. The van der Waals surface area contributed by atoms with Crippen molar-refractivity contribution in [1.29, 1.82) is 0 Å². The highest BCUT2D eigenvalue weighted by Gasteiger charge is 2.10. The number of esters is 3. The molecule has 0 radical (unpaired) electrons. The van der Waals surface area contributed by atoms with Crippen LogP contribution in [0, 0.1) is 0 Å². The van der Waals surface area contributed by atoms with Gasteiger partial charge in [0.25, 0.3) is 0 Å². The molecule has 0 heterocycles. The van der Waals surface area contributed by atoms with E-state index in [1.54, 1.807) is 0 Å². The minimum absolute atomic E-state index is 0.0701. The molecule has 0 unspecified atom stereocenters. The van der Waals surface area contributed by atoms with Gasteiger partial charge in [-0.3, -0.25) is 4.79 Å². The molecule has 0 N–H and O–H groups in total. The van der Waals surface area contributed by atoms with Crippen LogP contribution >= 0.6 is 0 Å². The van der Waals surface area contributed by atoms with Gasteiger partial charge < -0.3 is 14.2 Å². The van der Waals surface area contributed by atoms with Gasteiger partial charge in [-0.25, -0.2) is 9.59 Å². The van der Waals surface area contributed by atoms with Gasteiger partial charge in [-0.15, -0.1) is 0 Å². The Morgan fingerprint density at radius 3 is 2.26 bits per heavy atom. The van der Waals surface area contributed by atoms with Crippen LogP contribution < -0.4 is 4.74 Å². The molecule has 124 valence electrons. The molecule has 23 heavy (non-hydrogen) atoms. The number of carbonyl (C=O) groups excluding carboxylic acids is 3. The Hall–Kier alpha value is -2.63. The number of benzene rings is 1. The molecule has 0 amide bonds. The maximum absolute atomic E-state index is 11.6. The predicted molar refractivity (Wildman–Crippen MR) is 83.0 cm³/mol. The third kappa shape index (κ3) is 6.78. The first kappa shape index (κ1) is 18.4. The molecule has 0 fully saturated rings. The molecular formula is C17H20O6. The second-order valence-corrected chi connectivity index (χ2v) is 4.80. The quantitative estimate of drug-likeness (QED) is 0.416. The van der Waals surface area contributed by atoms with E-state index in [1.807, 2.05) is 6.92 Å². The lowest BCUT2D eigenvalue weighted by atomic mass is 10.2. The Kier molecular flexibility index (Phi) is 7.53. The lowest BCUT2D eigenvalue weighted by molar-refractivity contribution is -0.142. The molecule has 0 saturated carbocycles. The minimum atomic E-state index is -0.548. The smallest absolute Gasteiger partial charge is 0.338 e. The van der Waals surface area contributed by atoms with Gasteiger partial charge in [0.05, 0.1) is 18.6 Å². The molecule has 0 aliphatic carbocycles. The zero-order chi connectivity index (χ0) is 17.2. The van der Waals surface area contributed by atoms with E-state index in [2.05, 4.69) is 6.58 Å². The third-order valence-corrected chi connectivity index (χ3v) is 2.65. The van der Waals surface area contributed by atoms with Crippen molar-refractivity contribution in [2.75, 3.05) is 13.2 Å². The molecule has 0 bridgehead atoms. The van der Waals surface area contributed by atoms with E-state index in [0.29, 0.717) is 17.9 Å². The van der Waals surface area contributed by atoms with Crippen LogP contribution in [-0.4, -0.2) is 31.1 Å². The number of hydrogen-bond acceptors (Lipinski definition) is 6. The molecule has 1 aromatic rings. The number of ether oxygens (including phenoxy) is 3. The van der Waals surface area contributed by atoms with Crippen molar-refractivity contribution in [3.05, 3.63) is 42.0 Å². The Labute approximate surface area is 135 Å². The van der Waals surface area contributed by atoms with Crippen LogP contribution in [0.25, 0.3) is 0 Å². The Morgan fingerprint density at radius 1 is 1.04 bits per heavy atom. The fraction of sp³-hybridized carbons (Fsp3) is 0.353. The van der Waals surface area contributed by atoms with E-state index in [1.165, 1.54) is 31.2 Å². The van der Waals surface area contributed by atoms with E-state index in [0.717, 1.165) is 6.42 Å². The summed E-state index contributed by atoms with van der Waals surface area (Å²) in [6.45, 7) is 7.14. The van der Waals surface area contributed by atoms with Crippen LogP contribution in [0.4, 0.5) is 0 Å². The largest absolute Gasteiger partial charge is 0.462 e. The Balaban J connectivity index is 2.42. The maximum atomic E-state index is 11.6. The first-order valence-corrected chi connectivity index (χ1v) is 7.24. The first-order valence-electron chi connectivity index (χ1n) is 7.24. The summed E-state index contributed by atoms with van der Waals surface area (Å²) in [5.74, 6) is -1.21. The van der Waals surface area contributed by atoms with E-state index in [9.17, 15) is 14.4 Å². The standard InChI is InChI=1S/C17H20O6/c1-4-10-21-17(20)13-5-7-14(8-6-13)23-15(18)9-11-22-16(19)12(2)3/h5-8H,2,4,9-11H2,1,3H3. The van der Waals surface area contributed by atoms with Gasteiger partial charge in [0.2, 0.25) is 0 Å². The van der Waals surface area contributed by atoms with Gasteiger partial charge >= 0.3 is 17.9 Å². The van der Waals surface area contributed by atoms with E-state index in [4.69, 9.17) is 14.2 Å². The van der Waals surface area contributed by atoms with Crippen molar-refractivity contribution in [3.63, 3.8) is 0 Å². The summed E-state index contributed by atoms with van der Waals surface area (Å²) >= 11 is 0. The van der Waals surface area contributed by atoms with Crippen LogP contribution in [-0.2, 0) is 19.1 Å². The molecule has 0 aliphatic heterocycles. The van der Waals surface area contributed by atoms with Crippen molar-refractivity contribution in [1.82, 2.24) is 0 Å². The predicted octanol–water partition coefficient (Wildman–Crippen LogP) is 2.67. The zero-order valence-corrected chi connectivity index (χ0v) is 13.3. The van der Waals surface area contributed by atoms with Crippen molar-refractivity contribution in [3.8, 4) is 5.75 Å². The molecule has 0 saturated heterocycles. The van der Waals surface area contributed by atoms with Gasteiger partial charge in [0, 0.05) is 5.57 Å². The van der Waals surface area contributed by atoms with Gasteiger partial charge in [-0.2, -0.15) is 0 Å². The number of hydrogen-bond donors (Lipinski definition) is 0. The summed E-state index contributed by atoms with van der Waals surface area (Å²) in [4.78, 5) is 34.3. The first-order chi connectivity index (χ1) is 10.9. The van der Waals surface area contributed by atoms with Crippen LogP contribution in [0.2, 0.25) is 0 Å². The van der Waals surface area contributed by atoms with Crippen LogP contribution in [0.1, 0.15) is 37.0 Å². The fourth-order valence-electron chi connectivity index (χ4n) is 1.47. The third-order valence-electron chi connectivity index (χ3n) is 2.65. The summed E-state index contributed by atoms with van der Waals surface area (Å²) in [5.41, 5.74) is 0.651. The summed E-state index contributed by atoms with van der Waals surface area (Å²) in [7, 11) is 0. The normalized spacial score (nSPS) is 9.83. The summed E-state index contributed by atoms with van der Waals surface area (Å²) in [6, 6.07) is 6.03. The SMILES string of the molecule is C=C(C)C(=O)OCCC(=O)Oc1ccc(C(=O)OCCC)cc1. The maximum Gasteiger partial charge on any atom is 0.338 e. The van der Waals surface area contributed by atoms with Gasteiger partial charge in [-0.05, 0) is 37.6 Å². The second-order valence-electron chi connectivity index (χ2n) is 4.80. The van der Waals surface area contributed by atoms with Gasteiger partial charge in [0.15, 0.2) is 0 Å². The number of rotatable bonds is 8. The molecule has 0 spiro atoms. The molecule has 0 aromatic heterocycles. The van der Waals surface area contributed by atoms with Crippen molar-refractivity contribution in [2.45, 2.75) is 26.7 Å². The van der Waals surface area contributed by atoms with E-state index >= 15 is 0 Å². The lowest BCUT2D eigenvalue weighted by Crippen LogP contribution is -2.14. The van der Waals surface area contributed by atoms with Crippen LogP contribution in [0.15, 0.2) is 36.4 Å². The Morgan fingerprint density at radius 2 is 1.70 bits per heavy atom. The second kappa shape index (κ2) is 9.40. The molecular weight excluding hydrogens is 300 g/mol. The molecule has 6 heteroatoms. The van der Waals surface area contributed by atoms with Crippen molar-refractivity contribution in [2.24, 2.45) is 0 Å². The summed E-state index contributed by atoms with van der Waals surface area (Å²) in [6.07, 6.45) is 0.677. The topological polar surface area (TPSA) is 78.9 Å². The number of carbonyl (C=O) groups is 3.